The number of nitrogens with one attached hydrogen (secondary N) is 1. The predicted molar refractivity (Wildman–Crippen MR) is 77.4 cm³/mol. The van der Waals surface area contributed by atoms with Gasteiger partial charge >= 0.3 is 0 Å². The van der Waals surface area contributed by atoms with Gasteiger partial charge in [0, 0.05) is 32.2 Å². The summed E-state index contributed by atoms with van der Waals surface area (Å²) < 4.78 is 1.76. The maximum Gasteiger partial charge on any atom is 0.255 e. The molecule has 0 aliphatic carbocycles. The lowest BCUT2D eigenvalue weighted by atomic mass is 10.0. The van der Waals surface area contributed by atoms with Gasteiger partial charge in [-0.2, -0.15) is 0 Å². The van der Waals surface area contributed by atoms with Gasteiger partial charge in [-0.15, -0.1) is 0 Å². The van der Waals surface area contributed by atoms with Gasteiger partial charge in [-0.1, -0.05) is 18.2 Å². The van der Waals surface area contributed by atoms with E-state index in [2.05, 4.69) is 23.3 Å². The number of para-hydroxylation sites is 1. The molecule has 1 aliphatic heterocycles. The molecule has 3 rings (SSSR count). The molecule has 0 bridgehead atoms. The first-order chi connectivity index (χ1) is 9.18. The molecule has 4 heteroatoms. The smallest absolute Gasteiger partial charge is 0.255 e. The Morgan fingerprint density at radius 1 is 1.26 bits per heavy atom. The molecule has 1 atom stereocenters. The van der Waals surface area contributed by atoms with Crippen LogP contribution in [0.3, 0.4) is 0 Å². The highest BCUT2D eigenvalue weighted by Crippen LogP contribution is 2.21. The van der Waals surface area contributed by atoms with Crippen LogP contribution in [0, 0.1) is 0 Å². The van der Waals surface area contributed by atoms with E-state index in [1.165, 1.54) is 0 Å². The first-order valence-electron chi connectivity index (χ1n) is 6.68. The summed E-state index contributed by atoms with van der Waals surface area (Å²) in [5.41, 5.74) is 1.98. The number of likely N-dealkylation sites (N-methyl/N-ethyl adjacent to an activating group) is 1. The molecule has 2 aromatic rings. The Morgan fingerprint density at radius 2 is 2.05 bits per heavy atom. The normalized spacial score (nSPS) is 20.8. The van der Waals surface area contributed by atoms with Crippen LogP contribution < -0.4 is 10.9 Å². The van der Waals surface area contributed by atoms with Crippen LogP contribution in [0.15, 0.2) is 35.1 Å². The Balaban J connectivity index is 2.18. The van der Waals surface area contributed by atoms with Gasteiger partial charge in [0.1, 0.15) is 0 Å². The van der Waals surface area contributed by atoms with Crippen molar-refractivity contribution in [3.8, 4) is 0 Å². The number of rotatable bonds is 1. The van der Waals surface area contributed by atoms with E-state index < -0.39 is 0 Å². The zero-order valence-corrected chi connectivity index (χ0v) is 11.4. The summed E-state index contributed by atoms with van der Waals surface area (Å²) in [7, 11) is 3.94. The number of hydrogen-bond donors (Lipinski definition) is 1. The predicted octanol–water partition coefficient (Wildman–Crippen LogP) is 1.11. The molecule has 1 unspecified atom stereocenters. The minimum Gasteiger partial charge on any atom is -0.314 e. The number of nitrogens with zero attached hydrogens (tertiary/aromatic N) is 2. The largest absolute Gasteiger partial charge is 0.314 e. The second kappa shape index (κ2) is 4.79. The number of benzene rings is 1. The molecule has 0 amide bonds. The van der Waals surface area contributed by atoms with Crippen molar-refractivity contribution >= 4 is 10.9 Å². The third-order valence-electron chi connectivity index (χ3n) is 4.03. The van der Waals surface area contributed by atoms with Crippen LogP contribution in [0.4, 0.5) is 0 Å². The van der Waals surface area contributed by atoms with Crippen molar-refractivity contribution in [2.24, 2.45) is 7.05 Å². The van der Waals surface area contributed by atoms with E-state index in [0.717, 1.165) is 36.1 Å². The van der Waals surface area contributed by atoms with Crippen molar-refractivity contribution in [2.75, 3.05) is 26.7 Å². The standard InChI is InChI=1S/C15H19N3O/c1-17-8-7-16-10-14(17)12-9-11-5-3-4-6-13(11)18(2)15(12)19/h3-6,9,14,16H,7-8,10H2,1-2H3. The quantitative estimate of drug-likeness (QED) is 0.831. The molecule has 0 spiro atoms. The number of piperazine rings is 1. The molecule has 0 saturated carbocycles. The van der Waals surface area contributed by atoms with Crippen molar-refractivity contribution in [1.82, 2.24) is 14.8 Å². The van der Waals surface area contributed by atoms with E-state index in [0.29, 0.717) is 0 Å². The average molecular weight is 257 g/mol. The Morgan fingerprint density at radius 3 is 2.84 bits per heavy atom. The molecule has 100 valence electrons. The fourth-order valence-electron chi connectivity index (χ4n) is 2.84. The van der Waals surface area contributed by atoms with Crippen LogP contribution in [0.5, 0.6) is 0 Å². The number of aromatic nitrogens is 1. The van der Waals surface area contributed by atoms with Gasteiger partial charge in [0.25, 0.3) is 5.56 Å². The Labute approximate surface area is 112 Å². The number of aryl methyl sites for hydroxylation is 1. The summed E-state index contributed by atoms with van der Waals surface area (Å²) >= 11 is 0. The summed E-state index contributed by atoms with van der Waals surface area (Å²) in [4.78, 5) is 14.8. The van der Waals surface area contributed by atoms with Crippen LogP contribution in [0.25, 0.3) is 10.9 Å². The van der Waals surface area contributed by atoms with E-state index >= 15 is 0 Å². The molecular formula is C15H19N3O. The molecule has 4 nitrogen and oxygen atoms in total. The Kier molecular flexibility index (Phi) is 3.12. The Hall–Kier alpha value is -1.65. The van der Waals surface area contributed by atoms with Crippen molar-refractivity contribution in [1.29, 1.82) is 0 Å². The fourth-order valence-corrected chi connectivity index (χ4v) is 2.84. The van der Waals surface area contributed by atoms with Crippen molar-refractivity contribution in [2.45, 2.75) is 6.04 Å². The van der Waals surface area contributed by atoms with Gasteiger partial charge < -0.3 is 9.88 Å². The van der Waals surface area contributed by atoms with Gasteiger partial charge in [-0.05, 0) is 24.6 Å². The van der Waals surface area contributed by atoms with E-state index in [1.807, 2.05) is 31.3 Å². The summed E-state index contributed by atoms with van der Waals surface area (Å²) in [5, 5.41) is 4.49. The van der Waals surface area contributed by atoms with Crippen molar-refractivity contribution in [3.63, 3.8) is 0 Å². The zero-order valence-electron chi connectivity index (χ0n) is 11.4. The number of fused-ring (bicyclic) bond motifs is 1. The van der Waals surface area contributed by atoms with Crippen LogP contribution in [0.2, 0.25) is 0 Å². The van der Waals surface area contributed by atoms with Crippen LogP contribution in [-0.4, -0.2) is 36.1 Å². The third-order valence-corrected chi connectivity index (χ3v) is 4.03. The molecule has 1 saturated heterocycles. The summed E-state index contributed by atoms with van der Waals surface area (Å²) in [6.45, 7) is 2.80. The second-order valence-corrected chi connectivity index (χ2v) is 5.22. The van der Waals surface area contributed by atoms with Gasteiger partial charge in [-0.3, -0.25) is 9.69 Å². The fraction of sp³-hybridized carbons (Fsp3) is 0.400. The third kappa shape index (κ3) is 2.07. The maximum absolute atomic E-state index is 12.5. The van der Waals surface area contributed by atoms with Crippen LogP contribution in [0.1, 0.15) is 11.6 Å². The van der Waals surface area contributed by atoms with E-state index in [1.54, 1.807) is 4.57 Å². The van der Waals surface area contributed by atoms with Gasteiger partial charge in [-0.25, -0.2) is 0 Å². The highest BCUT2D eigenvalue weighted by atomic mass is 16.1. The molecule has 1 N–H and O–H groups in total. The molecule has 2 heterocycles. The monoisotopic (exact) mass is 257 g/mol. The zero-order chi connectivity index (χ0) is 13.4. The first-order valence-corrected chi connectivity index (χ1v) is 6.68. The van der Waals surface area contributed by atoms with E-state index in [4.69, 9.17) is 0 Å². The molecular weight excluding hydrogens is 238 g/mol. The molecule has 1 aromatic carbocycles. The van der Waals surface area contributed by atoms with Gasteiger partial charge in [0.15, 0.2) is 0 Å². The molecule has 1 fully saturated rings. The highest BCUT2D eigenvalue weighted by Gasteiger charge is 2.23. The molecule has 1 aromatic heterocycles. The van der Waals surface area contributed by atoms with Crippen molar-refractivity contribution < 1.29 is 0 Å². The lowest BCUT2D eigenvalue weighted by molar-refractivity contribution is 0.201. The molecule has 1 aliphatic rings. The van der Waals surface area contributed by atoms with Crippen molar-refractivity contribution in [3.05, 3.63) is 46.2 Å². The lowest BCUT2D eigenvalue weighted by Crippen LogP contribution is -2.46. The average Bonchev–Trinajstić information content (AvgIpc) is 2.44. The van der Waals surface area contributed by atoms with E-state index in [9.17, 15) is 4.79 Å². The molecule has 19 heavy (non-hydrogen) atoms. The second-order valence-electron chi connectivity index (χ2n) is 5.22. The lowest BCUT2D eigenvalue weighted by Gasteiger charge is -2.33. The first kappa shape index (κ1) is 12.4. The Bertz CT molecular complexity index is 662. The highest BCUT2D eigenvalue weighted by molar-refractivity contribution is 5.79. The number of pyridine rings is 1. The van der Waals surface area contributed by atoms with E-state index in [-0.39, 0.29) is 11.6 Å². The SMILES string of the molecule is CN1CCNCC1c1cc2ccccc2n(C)c1=O. The summed E-state index contributed by atoms with van der Waals surface area (Å²) in [6.07, 6.45) is 0. The van der Waals surface area contributed by atoms with Gasteiger partial charge in [0.05, 0.1) is 11.6 Å². The minimum absolute atomic E-state index is 0.110. The summed E-state index contributed by atoms with van der Waals surface area (Å²) in [6, 6.07) is 10.2. The van der Waals surface area contributed by atoms with Crippen LogP contribution >= 0.6 is 0 Å². The maximum atomic E-state index is 12.5. The minimum atomic E-state index is 0.110. The van der Waals surface area contributed by atoms with Crippen LogP contribution in [-0.2, 0) is 7.05 Å². The number of hydrogen-bond acceptors (Lipinski definition) is 3. The van der Waals surface area contributed by atoms with Gasteiger partial charge in [0.2, 0.25) is 0 Å². The topological polar surface area (TPSA) is 37.3 Å². The summed E-state index contributed by atoms with van der Waals surface area (Å²) in [5.74, 6) is 0. The molecule has 0 radical (unpaired) electrons.